The average Bonchev–Trinajstić information content (AvgIpc) is 3.22. The van der Waals surface area contributed by atoms with E-state index in [0.29, 0.717) is 24.5 Å². The normalized spacial score (nSPS) is 10.8. The van der Waals surface area contributed by atoms with E-state index in [1.165, 1.54) is 0 Å². The molecule has 3 rings (SSSR count). The van der Waals surface area contributed by atoms with E-state index in [-0.39, 0.29) is 5.91 Å². The number of hydrogen-bond donors (Lipinski definition) is 1. The first kappa shape index (κ1) is 17.8. The van der Waals surface area contributed by atoms with Gasteiger partial charge in [-0.25, -0.2) is 0 Å². The molecule has 2 heterocycles. The number of nitrogens with zero attached hydrogens (tertiary/aromatic N) is 2. The van der Waals surface area contributed by atoms with Gasteiger partial charge >= 0.3 is 0 Å². The van der Waals surface area contributed by atoms with Crippen molar-refractivity contribution in [2.75, 3.05) is 19.0 Å². The van der Waals surface area contributed by atoms with E-state index >= 15 is 0 Å². The summed E-state index contributed by atoms with van der Waals surface area (Å²) in [6.45, 7) is 4.21. The average molecular weight is 353 g/mol. The molecule has 1 aromatic carbocycles. The maximum Gasteiger partial charge on any atom is 0.287 e. The van der Waals surface area contributed by atoms with E-state index in [2.05, 4.69) is 10.5 Å². The number of carbonyl (C=O) groups excluding carboxylic acids is 1. The van der Waals surface area contributed by atoms with Crippen molar-refractivity contribution in [1.29, 1.82) is 0 Å². The van der Waals surface area contributed by atoms with Crippen LogP contribution in [0.25, 0.3) is 0 Å². The predicted octanol–water partition coefficient (Wildman–Crippen LogP) is 3.47. The summed E-state index contributed by atoms with van der Waals surface area (Å²) < 4.78 is 10.8. The first-order valence-corrected chi connectivity index (χ1v) is 8.49. The summed E-state index contributed by atoms with van der Waals surface area (Å²) in [6.07, 6.45) is 0.556. The van der Waals surface area contributed by atoms with Crippen LogP contribution < -0.4 is 10.2 Å². The standard InChI is InChI=1S/C20H23N3O3/c1-13-18(14(2)26-22-13)11-17-9-10-19(25-17)20(24)21-12-15-5-7-16(8-6-15)23(3)4/h5-10H,11-12H2,1-4H3,(H,21,24). The molecule has 6 nitrogen and oxygen atoms in total. The minimum atomic E-state index is -0.230. The number of furan rings is 1. The Morgan fingerprint density at radius 3 is 2.46 bits per heavy atom. The second-order valence-electron chi connectivity index (χ2n) is 6.49. The number of benzene rings is 1. The molecule has 1 N–H and O–H groups in total. The van der Waals surface area contributed by atoms with Crippen LogP contribution >= 0.6 is 0 Å². The number of amides is 1. The van der Waals surface area contributed by atoms with Crippen molar-refractivity contribution < 1.29 is 13.7 Å². The maximum atomic E-state index is 12.3. The largest absolute Gasteiger partial charge is 0.456 e. The number of rotatable bonds is 6. The van der Waals surface area contributed by atoms with E-state index in [0.717, 1.165) is 28.3 Å². The second kappa shape index (κ2) is 7.47. The minimum Gasteiger partial charge on any atom is -0.456 e. The molecular weight excluding hydrogens is 330 g/mol. The fourth-order valence-electron chi connectivity index (χ4n) is 2.70. The second-order valence-corrected chi connectivity index (χ2v) is 6.49. The van der Waals surface area contributed by atoms with Crippen molar-refractivity contribution in [3.8, 4) is 0 Å². The molecule has 2 aromatic heterocycles. The highest BCUT2D eigenvalue weighted by Crippen LogP contribution is 2.19. The van der Waals surface area contributed by atoms with Crippen molar-refractivity contribution in [2.24, 2.45) is 0 Å². The van der Waals surface area contributed by atoms with Gasteiger partial charge in [0.15, 0.2) is 5.76 Å². The van der Waals surface area contributed by atoms with Gasteiger partial charge in [0, 0.05) is 38.3 Å². The van der Waals surface area contributed by atoms with Gasteiger partial charge in [0.1, 0.15) is 11.5 Å². The van der Waals surface area contributed by atoms with Crippen molar-refractivity contribution in [1.82, 2.24) is 10.5 Å². The van der Waals surface area contributed by atoms with Gasteiger partial charge in [-0.2, -0.15) is 0 Å². The molecule has 3 aromatic rings. The first-order chi connectivity index (χ1) is 12.4. The third-order valence-electron chi connectivity index (χ3n) is 4.32. The number of nitrogens with one attached hydrogen (secondary N) is 1. The Kier molecular flexibility index (Phi) is 5.11. The third-order valence-corrected chi connectivity index (χ3v) is 4.32. The summed E-state index contributed by atoms with van der Waals surface area (Å²) in [7, 11) is 3.99. The van der Waals surface area contributed by atoms with Gasteiger partial charge in [-0.3, -0.25) is 4.79 Å². The zero-order valence-corrected chi connectivity index (χ0v) is 15.5. The molecule has 0 bridgehead atoms. The lowest BCUT2D eigenvalue weighted by Gasteiger charge is -2.12. The van der Waals surface area contributed by atoms with Crippen molar-refractivity contribution in [3.05, 3.63) is 70.5 Å². The van der Waals surface area contributed by atoms with Crippen molar-refractivity contribution >= 4 is 11.6 Å². The van der Waals surface area contributed by atoms with E-state index < -0.39 is 0 Å². The van der Waals surface area contributed by atoms with Gasteiger partial charge < -0.3 is 19.2 Å². The van der Waals surface area contributed by atoms with E-state index in [9.17, 15) is 4.79 Å². The number of anilines is 1. The van der Waals surface area contributed by atoms with Crippen LogP contribution in [-0.4, -0.2) is 25.2 Å². The van der Waals surface area contributed by atoms with Gasteiger partial charge in [0.25, 0.3) is 5.91 Å². The molecule has 0 spiro atoms. The molecule has 0 atom stereocenters. The number of aromatic nitrogens is 1. The van der Waals surface area contributed by atoms with Gasteiger partial charge in [-0.15, -0.1) is 0 Å². The number of aryl methyl sites for hydroxylation is 2. The van der Waals surface area contributed by atoms with Gasteiger partial charge in [0.2, 0.25) is 0 Å². The van der Waals surface area contributed by atoms with E-state index in [1.807, 2.05) is 63.2 Å². The molecule has 0 saturated carbocycles. The first-order valence-electron chi connectivity index (χ1n) is 8.49. The molecule has 0 fully saturated rings. The molecule has 136 valence electrons. The highest BCUT2D eigenvalue weighted by Gasteiger charge is 2.15. The van der Waals surface area contributed by atoms with E-state index in [4.69, 9.17) is 8.94 Å². The Labute approximate surface area is 152 Å². The smallest absolute Gasteiger partial charge is 0.287 e. The Bertz CT molecular complexity index is 872. The van der Waals surface area contributed by atoms with Crippen LogP contribution in [0, 0.1) is 13.8 Å². The van der Waals surface area contributed by atoms with Gasteiger partial charge in [0.05, 0.1) is 5.69 Å². The molecule has 6 heteroatoms. The maximum absolute atomic E-state index is 12.3. The van der Waals surface area contributed by atoms with Crippen LogP contribution in [0.15, 0.2) is 45.3 Å². The van der Waals surface area contributed by atoms with Crippen LogP contribution in [0.4, 0.5) is 5.69 Å². The van der Waals surface area contributed by atoms with Crippen LogP contribution in [0.1, 0.15) is 38.9 Å². The lowest BCUT2D eigenvalue weighted by molar-refractivity contribution is 0.0921. The van der Waals surface area contributed by atoms with Crippen LogP contribution in [0.2, 0.25) is 0 Å². The summed E-state index contributed by atoms with van der Waals surface area (Å²) in [5.74, 6) is 1.55. The predicted molar refractivity (Wildman–Crippen MR) is 99.4 cm³/mol. The summed E-state index contributed by atoms with van der Waals surface area (Å²) in [6, 6.07) is 11.6. The zero-order chi connectivity index (χ0) is 18.7. The van der Waals surface area contributed by atoms with Gasteiger partial charge in [-0.05, 0) is 43.7 Å². The van der Waals surface area contributed by atoms with Crippen LogP contribution in [-0.2, 0) is 13.0 Å². The number of carbonyl (C=O) groups is 1. The fourth-order valence-corrected chi connectivity index (χ4v) is 2.70. The Hall–Kier alpha value is -3.02. The highest BCUT2D eigenvalue weighted by atomic mass is 16.5. The number of hydrogen-bond acceptors (Lipinski definition) is 5. The Morgan fingerprint density at radius 1 is 1.12 bits per heavy atom. The molecule has 0 unspecified atom stereocenters. The lowest BCUT2D eigenvalue weighted by atomic mass is 10.1. The summed E-state index contributed by atoms with van der Waals surface area (Å²) in [5, 5.41) is 6.82. The molecule has 0 radical (unpaired) electrons. The summed E-state index contributed by atoms with van der Waals surface area (Å²) in [4.78, 5) is 14.3. The molecule has 1 amide bonds. The van der Waals surface area contributed by atoms with Crippen LogP contribution in [0.3, 0.4) is 0 Å². The quantitative estimate of drug-likeness (QED) is 0.735. The van der Waals surface area contributed by atoms with Crippen molar-refractivity contribution in [2.45, 2.75) is 26.8 Å². The molecule has 0 aliphatic heterocycles. The molecule has 0 aliphatic carbocycles. The third kappa shape index (κ3) is 3.96. The van der Waals surface area contributed by atoms with Gasteiger partial charge in [-0.1, -0.05) is 17.3 Å². The fraction of sp³-hybridized carbons (Fsp3) is 0.300. The summed E-state index contributed by atoms with van der Waals surface area (Å²) >= 11 is 0. The van der Waals surface area contributed by atoms with Crippen LogP contribution in [0.5, 0.6) is 0 Å². The molecule has 0 aliphatic rings. The topological polar surface area (TPSA) is 71.5 Å². The van der Waals surface area contributed by atoms with E-state index in [1.54, 1.807) is 6.07 Å². The lowest BCUT2D eigenvalue weighted by Crippen LogP contribution is -2.22. The Balaban J connectivity index is 1.59. The highest BCUT2D eigenvalue weighted by molar-refractivity contribution is 5.91. The Morgan fingerprint density at radius 2 is 1.85 bits per heavy atom. The monoisotopic (exact) mass is 353 g/mol. The minimum absolute atomic E-state index is 0.230. The summed E-state index contributed by atoms with van der Waals surface area (Å²) in [5.41, 5.74) is 3.99. The SMILES string of the molecule is Cc1noc(C)c1Cc1ccc(C(=O)NCc2ccc(N(C)C)cc2)o1. The van der Waals surface area contributed by atoms with Crippen molar-refractivity contribution in [3.63, 3.8) is 0 Å². The molecule has 26 heavy (non-hydrogen) atoms. The molecule has 0 saturated heterocycles. The zero-order valence-electron chi connectivity index (χ0n) is 15.5. The molecular formula is C20H23N3O3.